The average Bonchev–Trinajstić information content (AvgIpc) is 3.55. The number of carbonyl (C=O) groups is 3. The lowest BCUT2D eigenvalue weighted by atomic mass is 9.77. The summed E-state index contributed by atoms with van der Waals surface area (Å²) < 4.78 is 193. The maximum Gasteiger partial charge on any atom is 0.425 e. The number of rotatable bonds is 22. The third-order valence-electron chi connectivity index (χ3n) is 10.8. The number of Topliss-reactive ketones (excluding diaryl/α,β-unsaturated/α-hetero) is 2. The van der Waals surface area contributed by atoms with Crippen LogP contribution < -0.4 is 4.90 Å². The van der Waals surface area contributed by atoms with E-state index in [1.807, 2.05) is 27.7 Å². The maximum atomic E-state index is 13.7. The summed E-state index contributed by atoms with van der Waals surface area (Å²) in [5, 5.41) is 0. The second kappa shape index (κ2) is 25.2. The van der Waals surface area contributed by atoms with Crippen LogP contribution in [0.5, 0.6) is 0 Å². The molecule has 0 aliphatic carbocycles. The number of ketones is 2. The molecule has 3 N–H and O–H groups in total. The molecule has 0 bridgehead atoms. The number of esters is 1. The van der Waals surface area contributed by atoms with Gasteiger partial charge in [0.1, 0.15) is 6.54 Å². The van der Waals surface area contributed by atoms with Gasteiger partial charge in [-0.15, -0.1) is 25.3 Å². The highest BCUT2D eigenvalue weighted by Gasteiger charge is 2.48. The Morgan fingerprint density at radius 3 is 1.76 bits per heavy atom. The molecule has 0 aromatic heterocycles. The molecule has 71 heavy (non-hydrogen) atoms. The van der Waals surface area contributed by atoms with Gasteiger partial charge < -0.3 is 14.2 Å². The van der Waals surface area contributed by atoms with Gasteiger partial charge in [0.15, 0.2) is 17.3 Å². The van der Waals surface area contributed by atoms with Crippen molar-refractivity contribution in [2.75, 3.05) is 41.9 Å². The van der Waals surface area contributed by atoms with Crippen LogP contribution in [-0.2, 0) is 77.3 Å². The number of benzene rings is 2. The topological polar surface area (TPSA) is 389 Å². The summed E-state index contributed by atoms with van der Waals surface area (Å²) in [5.41, 5.74) is 0.306. The molecule has 0 unspecified atom stereocenters. The fourth-order valence-corrected chi connectivity index (χ4v) is 10.2. The van der Waals surface area contributed by atoms with Crippen LogP contribution in [0.25, 0.3) is 0 Å². The van der Waals surface area contributed by atoms with E-state index in [-0.39, 0.29) is 73.6 Å². The van der Waals surface area contributed by atoms with Crippen molar-refractivity contribution in [3.05, 3.63) is 76.0 Å². The van der Waals surface area contributed by atoms with Crippen LogP contribution in [0.2, 0.25) is 0 Å². The van der Waals surface area contributed by atoms with E-state index in [0.717, 1.165) is 12.1 Å². The molecule has 0 fully saturated rings. The highest BCUT2D eigenvalue weighted by atomic mass is 32.2. The number of anilines is 1. The van der Waals surface area contributed by atoms with E-state index in [1.165, 1.54) is 4.90 Å². The molecule has 0 spiro atoms. The molecule has 0 saturated heterocycles. The van der Waals surface area contributed by atoms with Crippen LogP contribution in [-0.4, -0.2) is 142 Å². The zero-order valence-corrected chi connectivity index (χ0v) is 44.1. The molecule has 0 saturated carbocycles. The van der Waals surface area contributed by atoms with Gasteiger partial charge in [-0.25, -0.2) is 13.2 Å². The highest BCUT2D eigenvalue weighted by molar-refractivity contribution is 7.86. The second-order valence-electron chi connectivity index (χ2n) is 16.9. The fourth-order valence-electron chi connectivity index (χ4n) is 8.18. The first-order valence-corrected chi connectivity index (χ1v) is 29.4. The molecule has 2 aromatic rings. The summed E-state index contributed by atoms with van der Waals surface area (Å²) in [6.07, 6.45) is 5.73. The van der Waals surface area contributed by atoms with Gasteiger partial charge in [-0.3, -0.25) is 23.2 Å². The highest BCUT2D eigenvalue weighted by Crippen LogP contribution is 2.51. The van der Waals surface area contributed by atoms with E-state index in [9.17, 15) is 61.7 Å². The Morgan fingerprint density at radius 1 is 0.718 bits per heavy atom. The molecular weight excluding hydrogens is 1060 g/mol. The largest absolute Gasteiger partial charge is 0.748 e. The normalized spacial score (nSPS) is 15.6. The standard InChI is InChI=1S/C41H54N2O16S4.2O3S/c1-7-13-33(44)27-23-29(34(45)14-8-2)37-31(24-27)42(17-10-20-60(47,48)49)35(40(37,3)4)15-9-16-36-41(5,6)38-30(39(46)59-19-12-22-62(53,54)55)25-28(63(56,57)58)26-32(38)43(36)18-11-21-61(50,51)52;2*1-4(2)3/h9,15-16,23-26H,7-8,10-14,17-22H2,1-6H3,(H3-,47,48,49,50,51,52,53,54,55,56,57,58);;. The molecule has 2 aromatic carbocycles. The lowest BCUT2D eigenvalue weighted by molar-refractivity contribution is -0.437. The SMILES string of the molecule is CCCC(=O)c1cc(C(=O)CCC)c2c(c1)[N+](CCCS(=O)(=O)[O-])=C(/C=C/C=C1/N(CCCS(=O)(=O)O)c3cc(S(=O)(=O)O)cc(C(=O)OCCCS(=O)(=O)O)c3C1(C)C)C2(C)C.O=S(=O)=O.O=S(=O)=O. The second-order valence-corrected chi connectivity index (χ2v) is 23.8. The van der Waals surface area contributed by atoms with Gasteiger partial charge in [-0.05, 0) is 63.8 Å². The van der Waals surface area contributed by atoms with Gasteiger partial charge >= 0.3 is 27.2 Å². The van der Waals surface area contributed by atoms with Gasteiger partial charge in [0.2, 0.25) is 5.69 Å². The Hall–Kier alpha value is -4.92. The maximum absolute atomic E-state index is 13.7. The van der Waals surface area contributed by atoms with E-state index >= 15 is 0 Å². The van der Waals surface area contributed by atoms with Crippen LogP contribution in [0.4, 0.5) is 11.4 Å². The first kappa shape index (κ1) is 62.2. The van der Waals surface area contributed by atoms with Crippen molar-refractivity contribution >= 4 is 96.3 Å². The summed E-state index contributed by atoms with van der Waals surface area (Å²) in [6, 6.07) is 5.23. The molecule has 396 valence electrons. The van der Waals surface area contributed by atoms with E-state index in [1.54, 1.807) is 48.8 Å². The van der Waals surface area contributed by atoms with Crippen molar-refractivity contribution in [3.63, 3.8) is 0 Å². The van der Waals surface area contributed by atoms with E-state index < -0.39 is 107 Å². The number of carbonyl (C=O) groups excluding carboxylic acids is 3. The van der Waals surface area contributed by atoms with Crippen molar-refractivity contribution in [1.82, 2.24) is 0 Å². The molecule has 4 rings (SSSR count). The van der Waals surface area contributed by atoms with Crippen LogP contribution >= 0.6 is 0 Å². The Balaban J connectivity index is 0.00000200. The minimum absolute atomic E-state index is 0.00617. The smallest absolute Gasteiger partial charge is 0.425 e. The zero-order chi connectivity index (χ0) is 54.7. The van der Waals surface area contributed by atoms with E-state index in [4.69, 9.17) is 34.5 Å². The summed E-state index contributed by atoms with van der Waals surface area (Å²) >= 11 is 0. The lowest BCUT2D eigenvalue weighted by Gasteiger charge is -2.27. The molecule has 2 aliphatic heterocycles. The van der Waals surface area contributed by atoms with Crippen molar-refractivity contribution in [3.8, 4) is 0 Å². The number of fused-ring (bicyclic) bond motifs is 2. The monoisotopic (exact) mass is 1120 g/mol. The Bertz CT molecular complexity index is 3150. The van der Waals surface area contributed by atoms with Crippen molar-refractivity contribution in [2.45, 2.75) is 102 Å². The number of hydrogen-bond acceptors (Lipinski definition) is 20. The minimum atomic E-state index is -4.99. The van der Waals surface area contributed by atoms with E-state index in [0.29, 0.717) is 46.6 Å². The molecule has 30 heteroatoms. The predicted octanol–water partition coefficient (Wildman–Crippen LogP) is 3.15. The number of nitrogens with zero attached hydrogens (tertiary/aromatic N) is 2. The summed E-state index contributed by atoms with van der Waals surface area (Å²) in [4.78, 5) is 41.5. The summed E-state index contributed by atoms with van der Waals surface area (Å²) in [7, 11) is -24.7. The van der Waals surface area contributed by atoms with Crippen molar-refractivity contribution in [1.29, 1.82) is 0 Å². The Morgan fingerprint density at radius 2 is 1.25 bits per heavy atom. The third kappa shape index (κ3) is 18.3. The van der Waals surface area contributed by atoms with Gasteiger partial charge in [0, 0.05) is 77.2 Å². The number of allylic oxidation sites excluding steroid dienone is 4. The van der Waals surface area contributed by atoms with Crippen LogP contribution in [0.3, 0.4) is 0 Å². The van der Waals surface area contributed by atoms with Gasteiger partial charge in [0.25, 0.3) is 30.4 Å². The van der Waals surface area contributed by atoms with Gasteiger partial charge in [-0.2, -0.15) is 29.8 Å². The third-order valence-corrected chi connectivity index (χ3v) is 14.1. The molecule has 0 atom stereocenters. The number of ether oxygens (including phenoxy) is 1. The van der Waals surface area contributed by atoms with Crippen molar-refractivity contribution in [2.24, 2.45) is 0 Å². The van der Waals surface area contributed by atoms with Crippen molar-refractivity contribution < 1.29 is 101 Å². The molecular formula is C41H54N2O22S6. The molecule has 0 amide bonds. The van der Waals surface area contributed by atoms with Gasteiger partial charge in [-0.1, -0.05) is 33.8 Å². The van der Waals surface area contributed by atoms with Crippen LogP contribution in [0.15, 0.2) is 53.1 Å². The van der Waals surface area contributed by atoms with E-state index in [2.05, 4.69) is 0 Å². The van der Waals surface area contributed by atoms with Gasteiger partial charge in [0.05, 0.1) is 49.7 Å². The quantitative estimate of drug-likeness (QED) is 0.0501. The lowest BCUT2D eigenvalue weighted by Crippen LogP contribution is -2.30. The first-order valence-electron chi connectivity index (χ1n) is 21.2. The molecule has 0 radical (unpaired) electrons. The molecule has 24 nitrogen and oxygen atoms in total. The zero-order valence-electron chi connectivity index (χ0n) is 39.2. The summed E-state index contributed by atoms with van der Waals surface area (Å²) in [6.45, 7) is 10.1. The first-order chi connectivity index (χ1) is 32.4. The Labute approximate surface area is 415 Å². The predicted molar refractivity (Wildman–Crippen MR) is 253 cm³/mol. The fraction of sp³-hybridized carbons (Fsp3) is 0.512. The minimum Gasteiger partial charge on any atom is -0.748 e. The average molecular weight is 1120 g/mol. The molecule has 2 heterocycles. The molecule has 2 aliphatic rings. The van der Waals surface area contributed by atoms with Crippen LogP contribution in [0, 0.1) is 0 Å². The Kier molecular flexibility index (Phi) is 22.0. The van der Waals surface area contributed by atoms with Crippen LogP contribution in [0.1, 0.15) is 129 Å². The summed E-state index contributed by atoms with van der Waals surface area (Å²) in [5.74, 6) is -3.64. The number of hydrogen-bond donors (Lipinski definition) is 3.